The van der Waals surface area contributed by atoms with Crippen LogP contribution < -0.4 is 5.73 Å². The van der Waals surface area contributed by atoms with E-state index in [-0.39, 0.29) is 12.1 Å². The van der Waals surface area contributed by atoms with Gasteiger partial charge in [0.15, 0.2) is 0 Å². The van der Waals surface area contributed by atoms with Gasteiger partial charge >= 0.3 is 0 Å². The maximum absolute atomic E-state index is 10.3. The first-order valence-electron chi connectivity index (χ1n) is 6.31. The normalized spacial score (nSPS) is 37.6. The van der Waals surface area contributed by atoms with Crippen molar-refractivity contribution in [3.63, 3.8) is 0 Å². The Balaban J connectivity index is 2.07. The molecule has 3 N–H and O–H groups in total. The van der Waals surface area contributed by atoms with Crippen LogP contribution in [0.1, 0.15) is 48.8 Å². The van der Waals surface area contributed by atoms with Gasteiger partial charge in [0.05, 0.1) is 12.1 Å². The van der Waals surface area contributed by atoms with Crippen molar-refractivity contribution < 1.29 is 5.11 Å². The Labute approximate surface area is 96.5 Å². The van der Waals surface area contributed by atoms with Crippen LogP contribution >= 0.6 is 0 Å². The summed E-state index contributed by atoms with van der Waals surface area (Å²) in [5.41, 5.74) is 8.71. The molecule has 86 valence electrons. The van der Waals surface area contributed by atoms with Crippen molar-refractivity contribution in [2.45, 2.75) is 43.7 Å². The Bertz CT molecular complexity index is 390. The van der Waals surface area contributed by atoms with Crippen LogP contribution in [0.5, 0.6) is 0 Å². The van der Waals surface area contributed by atoms with Crippen LogP contribution in [0.25, 0.3) is 0 Å². The summed E-state index contributed by atoms with van der Waals surface area (Å²) in [6.45, 7) is 0. The molecule has 3 rings (SSSR count). The highest BCUT2D eigenvalue weighted by Gasteiger charge is 2.40. The molecule has 0 radical (unpaired) electrons. The molecule has 0 bridgehead atoms. The molecule has 2 heteroatoms. The zero-order chi connectivity index (χ0) is 11.1. The minimum atomic E-state index is -0.347. The number of nitrogens with two attached hydrogens (primary N) is 1. The van der Waals surface area contributed by atoms with Crippen LogP contribution in [0.15, 0.2) is 24.3 Å². The molecule has 0 aromatic heterocycles. The third-order valence-corrected chi connectivity index (χ3v) is 4.38. The number of hydrogen-bond donors (Lipinski definition) is 2. The molecule has 1 aromatic rings. The van der Waals surface area contributed by atoms with E-state index < -0.39 is 0 Å². The lowest BCUT2D eigenvalue weighted by Gasteiger charge is -2.43. The van der Waals surface area contributed by atoms with Crippen molar-refractivity contribution in [3.8, 4) is 0 Å². The highest BCUT2D eigenvalue weighted by Crippen LogP contribution is 2.47. The van der Waals surface area contributed by atoms with Crippen LogP contribution in [0.3, 0.4) is 0 Å². The maximum atomic E-state index is 10.3. The minimum Gasteiger partial charge on any atom is -0.391 e. The van der Waals surface area contributed by atoms with Gasteiger partial charge in [0.25, 0.3) is 0 Å². The molecule has 0 unspecified atom stereocenters. The number of fused-ring (bicyclic) bond motifs is 3. The summed E-state index contributed by atoms with van der Waals surface area (Å²) in [6.07, 6.45) is 4.53. The minimum absolute atomic E-state index is 0.185. The summed E-state index contributed by atoms with van der Waals surface area (Å²) in [4.78, 5) is 0. The second kappa shape index (κ2) is 3.86. The smallest absolute Gasteiger partial charge is 0.0766 e. The number of aliphatic hydroxyl groups excluding tert-OH is 1. The second-order valence-corrected chi connectivity index (χ2v) is 5.20. The Kier molecular flexibility index (Phi) is 2.49. The molecule has 2 nitrogen and oxygen atoms in total. The second-order valence-electron chi connectivity index (χ2n) is 5.20. The standard InChI is InChI=1S/C14H19NO/c15-13-11-7-3-1-5-9(11)10-6-2-4-8-12(10)14(13)16/h1,3,5,7,10,12-14,16H,2,4,6,8,15H2/t10-,12+,13+,14+/m0/s1. The van der Waals surface area contributed by atoms with Crippen molar-refractivity contribution in [2.24, 2.45) is 11.7 Å². The van der Waals surface area contributed by atoms with Crippen molar-refractivity contribution in [1.82, 2.24) is 0 Å². The van der Waals surface area contributed by atoms with Gasteiger partial charge in [-0.2, -0.15) is 0 Å². The van der Waals surface area contributed by atoms with Gasteiger partial charge in [-0.1, -0.05) is 37.1 Å². The lowest BCUT2D eigenvalue weighted by Crippen LogP contribution is -2.42. The molecule has 4 atom stereocenters. The molecule has 0 spiro atoms. The number of aliphatic hydroxyl groups is 1. The van der Waals surface area contributed by atoms with E-state index in [4.69, 9.17) is 5.73 Å². The van der Waals surface area contributed by atoms with Gasteiger partial charge in [0.1, 0.15) is 0 Å². The van der Waals surface area contributed by atoms with Gasteiger partial charge in [0.2, 0.25) is 0 Å². The largest absolute Gasteiger partial charge is 0.391 e. The van der Waals surface area contributed by atoms with Gasteiger partial charge in [-0.3, -0.25) is 0 Å². The molecular formula is C14H19NO. The molecule has 0 heterocycles. The maximum Gasteiger partial charge on any atom is 0.0766 e. The van der Waals surface area contributed by atoms with E-state index in [9.17, 15) is 5.11 Å². The quantitative estimate of drug-likeness (QED) is 0.700. The van der Waals surface area contributed by atoms with Crippen molar-refractivity contribution in [3.05, 3.63) is 35.4 Å². The summed E-state index contributed by atoms with van der Waals surface area (Å²) in [6, 6.07) is 8.21. The van der Waals surface area contributed by atoms with Gasteiger partial charge in [-0.15, -0.1) is 0 Å². The lowest BCUT2D eigenvalue weighted by atomic mass is 9.65. The molecule has 0 amide bonds. The van der Waals surface area contributed by atoms with E-state index in [2.05, 4.69) is 18.2 Å². The van der Waals surface area contributed by atoms with E-state index in [1.807, 2.05) is 6.07 Å². The first-order valence-corrected chi connectivity index (χ1v) is 6.31. The van der Waals surface area contributed by atoms with E-state index in [0.717, 1.165) is 12.0 Å². The molecule has 0 saturated heterocycles. The van der Waals surface area contributed by atoms with Crippen LogP contribution in [-0.2, 0) is 0 Å². The molecule has 1 saturated carbocycles. The van der Waals surface area contributed by atoms with E-state index in [1.165, 1.54) is 24.8 Å². The zero-order valence-electron chi connectivity index (χ0n) is 9.47. The van der Waals surface area contributed by atoms with E-state index >= 15 is 0 Å². The fraction of sp³-hybridized carbons (Fsp3) is 0.571. The van der Waals surface area contributed by atoms with Gasteiger partial charge < -0.3 is 10.8 Å². The summed E-state index contributed by atoms with van der Waals surface area (Å²) in [7, 11) is 0. The van der Waals surface area contributed by atoms with Gasteiger partial charge in [-0.25, -0.2) is 0 Å². The molecule has 0 aliphatic heterocycles. The molecule has 2 aliphatic rings. The summed E-state index contributed by atoms with van der Waals surface area (Å²) in [5, 5.41) is 10.3. The van der Waals surface area contributed by atoms with Crippen molar-refractivity contribution in [2.75, 3.05) is 0 Å². The summed E-state index contributed by atoms with van der Waals surface area (Å²) >= 11 is 0. The fourth-order valence-electron chi connectivity index (χ4n) is 3.56. The fourth-order valence-corrected chi connectivity index (χ4v) is 3.56. The molecule has 16 heavy (non-hydrogen) atoms. The Morgan fingerprint density at radius 1 is 1.06 bits per heavy atom. The first-order chi connectivity index (χ1) is 7.79. The summed E-state index contributed by atoms with van der Waals surface area (Å²) in [5.74, 6) is 0.929. The lowest BCUT2D eigenvalue weighted by molar-refractivity contribution is 0.0383. The average molecular weight is 217 g/mol. The first kappa shape index (κ1) is 10.3. The van der Waals surface area contributed by atoms with Crippen LogP contribution in [0.4, 0.5) is 0 Å². The van der Waals surface area contributed by atoms with Crippen molar-refractivity contribution in [1.29, 1.82) is 0 Å². The van der Waals surface area contributed by atoms with Gasteiger partial charge in [-0.05, 0) is 35.8 Å². The third kappa shape index (κ3) is 1.40. The van der Waals surface area contributed by atoms with Crippen LogP contribution in [0, 0.1) is 5.92 Å². The number of hydrogen-bond acceptors (Lipinski definition) is 2. The van der Waals surface area contributed by atoms with Gasteiger partial charge in [0, 0.05) is 0 Å². The zero-order valence-corrected chi connectivity index (χ0v) is 9.47. The van der Waals surface area contributed by atoms with Crippen molar-refractivity contribution >= 4 is 0 Å². The molecular weight excluding hydrogens is 198 g/mol. The predicted octanol–water partition coefficient (Wildman–Crippen LogP) is 2.33. The SMILES string of the molecule is N[C@@H]1c2ccccc2[C@@H]2CCCC[C@H]2[C@H]1O. The van der Waals surface area contributed by atoms with Crippen LogP contribution in [-0.4, -0.2) is 11.2 Å². The average Bonchev–Trinajstić information content (AvgIpc) is 2.36. The number of rotatable bonds is 0. The Morgan fingerprint density at radius 2 is 1.75 bits per heavy atom. The topological polar surface area (TPSA) is 46.2 Å². The van der Waals surface area contributed by atoms with E-state index in [1.54, 1.807) is 0 Å². The molecule has 1 aromatic carbocycles. The summed E-state index contributed by atoms with van der Waals surface area (Å²) < 4.78 is 0. The monoisotopic (exact) mass is 217 g/mol. The Morgan fingerprint density at radius 3 is 2.56 bits per heavy atom. The molecule has 1 fully saturated rings. The highest BCUT2D eigenvalue weighted by atomic mass is 16.3. The van der Waals surface area contributed by atoms with E-state index in [0.29, 0.717) is 11.8 Å². The van der Waals surface area contributed by atoms with Crippen LogP contribution in [0.2, 0.25) is 0 Å². The molecule has 2 aliphatic carbocycles. The predicted molar refractivity (Wildman–Crippen MR) is 64.1 cm³/mol. The number of benzene rings is 1. The Hall–Kier alpha value is -0.860. The third-order valence-electron chi connectivity index (χ3n) is 4.38. The highest BCUT2D eigenvalue weighted by molar-refractivity contribution is 5.37.